The summed E-state index contributed by atoms with van der Waals surface area (Å²) in [5.41, 5.74) is 1.21. The van der Waals surface area contributed by atoms with Crippen molar-refractivity contribution < 1.29 is 32.8 Å². The topological polar surface area (TPSA) is 108 Å². The summed E-state index contributed by atoms with van der Waals surface area (Å²) >= 11 is 0. The number of aldehydes is 1. The van der Waals surface area contributed by atoms with Crippen molar-refractivity contribution in [3.63, 3.8) is 0 Å². The second-order valence-electron chi connectivity index (χ2n) is 5.44. The van der Waals surface area contributed by atoms with Crippen LogP contribution in [0.2, 0.25) is 0 Å². The van der Waals surface area contributed by atoms with Crippen molar-refractivity contribution in [2.24, 2.45) is 11.1 Å². The third-order valence-corrected chi connectivity index (χ3v) is 2.71. The van der Waals surface area contributed by atoms with Gasteiger partial charge in [0, 0.05) is 5.56 Å². The molecule has 2 rings (SSSR count). The zero-order chi connectivity index (χ0) is 22.1. The predicted molar refractivity (Wildman–Crippen MR) is 103 cm³/mol. The molecule has 0 fully saturated rings. The highest BCUT2D eigenvalue weighted by atomic mass is 19.1. The summed E-state index contributed by atoms with van der Waals surface area (Å²) in [5, 5.41) is 3.54. The maximum absolute atomic E-state index is 12.5. The first kappa shape index (κ1) is 25.7. The number of ketones is 2. The number of benzene rings is 2. The van der Waals surface area contributed by atoms with E-state index in [9.17, 15) is 23.2 Å². The van der Waals surface area contributed by atoms with Crippen LogP contribution in [0.25, 0.3) is 0 Å². The van der Waals surface area contributed by atoms with Gasteiger partial charge in [0.2, 0.25) is 0 Å². The van der Waals surface area contributed by atoms with Crippen LogP contribution in [0.15, 0.2) is 53.7 Å². The molecule has 0 radical (unpaired) electrons. The smallest absolute Gasteiger partial charge is 0.174 e. The minimum absolute atomic E-state index is 0.0139. The number of nitrogens with two attached hydrogens (primary N) is 1. The van der Waals surface area contributed by atoms with Crippen molar-refractivity contribution in [2.45, 2.75) is 13.8 Å². The highest BCUT2D eigenvalue weighted by Crippen LogP contribution is 2.00. The number of oxime groups is 1. The second kappa shape index (κ2) is 15.7. The lowest BCUT2D eigenvalue weighted by Crippen LogP contribution is -2.07. The minimum Gasteiger partial charge on any atom is -0.388 e. The molecule has 2 aromatic rings. The molecule has 0 aliphatic rings. The van der Waals surface area contributed by atoms with Gasteiger partial charge in [-0.25, -0.2) is 14.7 Å². The van der Waals surface area contributed by atoms with E-state index in [-0.39, 0.29) is 36.4 Å². The predicted octanol–water partition coefficient (Wildman–Crippen LogP) is 2.87. The molecule has 0 amide bonds. The highest BCUT2D eigenvalue weighted by Gasteiger charge is 1.91. The molecule has 156 valence electrons. The van der Waals surface area contributed by atoms with E-state index >= 15 is 0 Å². The first-order valence-electron chi connectivity index (χ1n) is 8.20. The number of carbonyl (C=O) groups is 3. The Labute approximate surface area is 167 Å². The Hall–Kier alpha value is -3.30. The second-order valence-corrected chi connectivity index (χ2v) is 5.44. The quantitative estimate of drug-likeness (QED) is 0.429. The first-order valence-corrected chi connectivity index (χ1v) is 8.20. The maximum Gasteiger partial charge on any atom is 0.174 e. The van der Waals surface area contributed by atoms with Crippen LogP contribution in [0.1, 0.15) is 29.8 Å². The third kappa shape index (κ3) is 15.5. The zero-order valence-corrected chi connectivity index (χ0v) is 16.0. The van der Waals surface area contributed by atoms with E-state index in [2.05, 4.69) is 20.7 Å². The van der Waals surface area contributed by atoms with Crippen LogP contribution in [-0.2, 0) is 19.3 Å². The van der Waals surface area contributed by atoms with Gasteiger partial charge in [0.25, 0.3) is 0 Å². The molecule has 0 aromatic heterocycles. The van der Waals surface area contributed by atoms with Crippen molar-refractivity contribution in [3.8, 4) is 0 Å². The first-order chi connectivity index (χ1) is 13.8. The summed E-state index contributed by atoms with van der Waals surface area (Å²) in [7, 11) is 0. The summed E-state index contributed by atoms with van der Waals surface area (Å²) in [4.78, 5) is 38.9. The van der Waals surface area contributed by atoms with E-state index in [0.29, 0.717) is 11.8 Å². The molecule has 0 unspecified atom stereocenters. The molecule has 2 N–H and O–H groups in total. The lowest BCUT2D eigenvalue weighted by molar-refractivity contribution is -0.122. The Morgan fingerprint density at radius 2 is 1.34 bits per heavy atom. The molecule has 0 saturated heterocycles. The lowest BCUT2D eigenvalue weighted by Gasteiger charge is -1.94. The van der Waals surface area contributed by atoms with Crippen molar-refractivity contribution in [3.05, 3.63) is 71.3 Å². The van der Waals surface area contributed by atoms with Crippen molar-refractivity contribution in [1.82, 2.24) is 0 Å². The van der Waals surface area contributed by atoms with Gasteiger partial charge < -0.3 is 4.84 Å². The average Bonchev–Trinajstić information content (AvgIpc) is 2.68. The average molecular weight is 408 g/mol. The number of hydrogen-bond donors (Lipinski definition) is 1. The number of Topliss-reactive ketones (excluding diaryl/α,β-unsaturated/α-hetero) is 2. The molecule has 2 aromatic carbocycles. The van der Waals surface area contributed by atoms with E-state index in [1.165, 1.54) is 56.5 Å². The fraction of sp³-hybridized carbons (Fsp3) is 0.200. The molecule has 7 nitrogen and oxygen atoms in total. The van der Waals surface area contributed by atoms with E-state index in [1.807, 2.05) is 0 Å². The summed E-state index contributed by atoms with van der Waals surface area (Å²) in [6.07, 6.45) is 2.10. The van der Waals surface area contributed by atoms with Crippen LogP contribution >= 0.6 is 0 Å². The molecule has 9 heteroatoms. The summed E-state index contributed by atoms with van der Waals surface area (Å²) in [5.74, 6) is 3.74. The van der Waals surface area contributed by atoms with Gasteiger partial charge >= 0.3 is 0 Å². The Balaban J connectivity index is 0.000000448. The summed E-state index contributed by atoms with van der Waals surface area (Å²) in [6, 6.07) is 11.2. The van der Waals surface area contributed by atoms with Crippen LogP contribution in [0, 0.1) is 11.6 Å². The molecule has 0 saturated carbocycles. The summed E-state index contributed by atoms with van der Waals surface area (Å²) in [6.45, 7) is 2.79. The fourth-order valence-electron chi connectivity index (χ4n) is 1.43. The third-order valence-electron chi connectivity index (χ3n) is 2.71. The van der Waals surface area contributed by atoms with Crippen LogP contribution in [0.3, 0.4) is 0 Å². The van der Waals surface area contributed by atoms with E-state index in [4.69, 9.17) is 0 Å². The summed E-state index contributed by atoms with van der Waals surface area (Å²) < 4.78 is 24.6. The zero-order valence-electron chi connectivity index (χ0n) is 16.0. The Kier molecular flexibility index (Phi) is 13.9. The molecule has 0 bridgehead atoms. The van der Waals surface area contributed by atoms with Gasteiger partial charge in [0.1, 0.15) is 24.5 Å². The molecule has 29 heavy (non-hydrogen) atoms. The molecule has 0 aliphatic heterocycles. The molecule has 0 heterocycles. The normalized spacial score (nSPS) is 9.55. The van der Waals surface area contributed by atoms with Crippen molar-refractivity contribution >= 4 is 24.1 Å². The van der Waals surface area contributed by atoms with Crippen LogP contribution in [0.5, 0.6) is 0 Å². The van der Waals surface area contributed by atoms with Crippen LogP contribution < -0.4 is 5.90 Å². The number of carbonyl (C=O) groups excluding carboxylic acids is 3. The van der Waals surface area contributed by atoms with Gasteiger partial charge in [-0.3, -0.25) is 19.2 Å². The Morgan fingerprint density at radius 3 is 1.69 bits per heavy atom. The van der Waals surface area contributed by atoms with Gasteiger partial charge in [-0.1, -0.05) is 17.3 Å². The molecule has 0 aliphatic carbocycles. The van der Waals surface area contributed by atoms with Crippen molar-refractivity contribution in [2.75, 3.05) is 13.2 Å². The van der Waals surface area contributed by atoms with E-state index in [1.54, 1.807) is 12.1 Å². The van der Waals surface area contributed by atoms with Gasteiger partial charge in [0.05, 0.1) is 6.21 Å². The number of nitrogens with zero attached hydrogens (tertiary/aromatic N) is 1. The molecular formula is C20H22F2N2O5. The standard InChI is InChI=1S/C10H10FNO2.C7H5FO.C3H7NO2/c1-8(13)7-14-12-6-9-2-4-10(11)5-3-9;8-7-3-1-6(5-9)2-4-7;1-3(5)2-6-4/h2-6H,7H2,1H3;1-5H;2,4H2,1H3/b12-6+;;. The Morgan fingerprint density at radius 1 is 0.897 bits per heavy atom. The number of rotatable bonds is 7. The molecule has 0 spiro atoms. The molecule has 0 atom stereocenters. The van der Waals surface area contributed by atoms with Crippen LogP contribution in [-0.4, -0.2) is 37.3 Å². The van der Waals surface area contributed by atoms with E-state index < -0.39 is 0 Å². The van der Waals surface area contributed by atoms with E-state index in [0.717, 1.165) is 5.56 Å². The van der Waals surface area contributed by atoms with Gasteiger partial charge in [-0.05, 0) is 55.8 Å². The highest BCUT2D eigenvalue weighted by molar-refractivity contribution is 5.79. The van der Waals surface area contributed by atoms with Crippen molar-refractivity contribution in [1.29, 1.82) is 0 Å². The lowest BCUT2D eigenvalue weighted by atomic mass is 10.2. The SMILES string of the molecule is CC(=O)CO/N=C/c1ccc(F)cc1.CC(=O)CON.O=Cc1ccc(F)cc1. The van der Waals surface area contributed by atoms with Gasteiger partial charge in [-0.2, -0.15) is 0 Å². The minimum atomic E-state index is -0.319. The number of hydrogen-bond acceptors (Lipinski definition) is 7. The molecular weight excluding hydrogens is 386 g/mol. The van der Waals surface area contributed by atoms with Gasteiger partial charge in [0.15, 0.2) is 18.2 Å². The fourth-order valence-corrected chi connectivity index (χ4v) is 1.43. The van der Waals surface area contributed by atoms with Gasteiger partial charge in [-0.15, -0.1) is 0 Å². The monoisotopic (exact) mass is 408 g/mol. The maximum atomic E-state index is 12.5. The largest absolute Gasteiger partial charge is 0.388 e. The van der Waals surface area contributed by atoms with Crippen LogP contribution in [0.4, 0.5) is 8.78 Å². The Bertz CT molecular complexity index is 778. The number of halogens is 2.